The molecule has 0 saturated heterocycles. The van der Waals surface area contributed by atoms with E-state index in [4.69, 9.17) is 4.42 Å². The second kappa shape index (κ2) is 10.5. The molecule has 2 aliphatic heterocycles. The van der Waals surface area contributed by atoms with Gasteiger partial charge in [-0.2, -0.15) is 0 Å². The Morgan fingerprint density at radius 2 is 1.14 bits per heavy atom. The first-order valence-corrected chi connectivity index (χ1v) is 21.5. The van der Waals surface area contributed by atoms with Crippen LogP contribution in [0.4, 0.5) is 11.4 Å². The third kappa shape index (κ3) is 3.55. The average molecular weight is 771 g/mol. The molecule has 9 aromatic carbocycles. The van der Waals surface area contributed by atoms with E-state index in [1.807, 2.05) is 22.7 Å². The lowest BCUT2D eigenvalue weighted by Crippen LogP contribution is -2.60. The lowest BCUT2D eigenvalue weighted by molar-refractivity contribution is 0.670. The Hall–Kier alpha value is -6.86. The molecule has 58 heavy (non-hydrogen) atoms. The molecule has 6 heterocycles. The molecule has 15 rings (SSSR count). The Balaban J connectivity index is 1.22. The molecule has 4 aromatic heterocycles. The van der Waals surface area contributed by atoms with Gasteiger partial charge < -0.3 is 13.8 Å². The maximum absolute atomic E-state index is 7.14. The summed E-state index contributed by atoms with van der Waals surface area (Å²) in [5.74, 6) is 0. The van der Waals surface area contributed by atoms with Gasteiger partial charge in [-0.1, -0.05) is 109 Å². The van der Waals surface area contributed by atoms with E-state index in [9.17, 15) is 0 Å². The molecule has 0 saturated carbocycles. The van der Waals surface area contributed by atoms with Gasteiger partial charge in [-0.25, -0.2) is 0 Å². The Morgan fingerprint density at radius 1 is 0.448 bits per heavy atom. The normalized spacial score (nSPS) is 13.4. The van der Waals surface area contributed by atoms with E-state index in [2.05, 4.69) is 173 Å². The van der Waals surface area contributed by atoms with Crippen molar-refractivity contribution < 1.29 is 4.42 Å². The predicted molar refractivity (Wildman–Crippen MR) is 250 cm³/mol. The highest BCUT2D eigenvalue weighted by atomic mass is 32.1. The molecule has 0 aliphatic carbocycles. The number of benzene rings is 9. The van der Waals surface area contributed by atoms with E-state index in [1.165, 1.54) is 112 Å². The van der Waals surface area contributed by atoms with Crippen LogP contribution in [0.1, 0.15) is 0 Å². The SMILES string of the molecule is c1ccc2c(c1)ccc1c2c2cccc3c2n1-c1cc2c(oc4ccccc42)c2c1B3N(c1cccc3sc4ccccc4c13)c1ccc3sc4ccccc4c3c1-2. The summed E-state index contributed by atoms with van der Waals surface area (Å²) in [6.45, 7) is -0.131. The highest BCUT2D eigenvalue weighted by molar-refractivity contribution is 7.26. The second-order valence-electron chi connectivity index (χ2n) is 15.9. The summed E-state index contributed by atoms with van der Waals surface area (Å²) >= 11 is 3.77. The van der Waals surface area contributed by atoms with Crippen molar-refractivity contribution in [2.45, 2.75) is 0 Å². The number of furan rings is 1. The molecule has 266 valence electrons. The van der Waals surface area contributed by atoms with Gasteiger partial charge in [0, 0.05) is 90.1 Å². The Labute approximate surface area is 339 Å². The van der Waals surface area contributed by atoms with Crippen molar-refractivity contribution in [3.63, 3.8) is 0 Å². The summed E-state index contributed by atoms with van der Waals surface area (Å²) in [6, 6.07) is 61.1. The summed E-state index contributed by atoms with van der Waals surface area (Å²) in [7, 11) is 0. The molecule has 0 amide bonds. The van der Waals surface area contributed by atoms with Gasteiger partial charge in [0.25, 0.3) is 0 Å². The van der Waals surface area contributed by atoms with E-state index in [0.29, 0.717) is 0 Å². The second-order valence-corrected chi connectivity index (χ2v) is 18.0. The first-order chi connectivity index (χ1) is 28.8. The molecule has 6 heteroatoms. The standard InChI is InChI=1S/C52H27BN2OS2/c1-2-12-29-28(11-1)23-24-36-45(29)33-16-9-17-35-51(33)54(36)39-27-34-30-13-3-6-19-40(30)56-52(34)49-48-38(25-26-44-47(48)32-15-5-8-21-42(32)58-44)55(53(35)50(39)49)37-18-10-22-43-46(37)31-14-4-7-20-41(31)57-43/h1-27H. The first-order valence-electron chi connectivity index (χ1n) is 19.9. The van der Waals surface area contributed by atoms with Crippen molar-refractivity contribution in [3.8, 4) is 16.8 Å². The fourth-order valence-corrected chi connectivity index (χ4v) is 13.2. The van der Waals surface area contributed by atoms with Gasteiger partial charge in [0.2, 0.25) is 0 Å². The Bertz CT molecular complexity index is 4020. The molecule has 0 radical (unpaired) electrons. The van der Waals surface area contributed by atoms with Gasteiger partial charge in [-0.3, -0.25) is 0 Å². The van der Waals surface area contributed by atoms with Gasteiger partial charge in [0.1, 0.15) is 11.2 Å². The quantitative estimate of drug-likeness (QED) is 0.155. The molecule has 3 nitrogen and oxygen atoms in total. The number of anilines is 2. The maximum atomic E-state index is 7.14. The van der Waals surface area contributed by atoms with Gasteiger partial charge in [0.05, 0.1) is 11.0 Å². The van der Waals surface area contributed by atoms with Crippen molar-refractivity contribution in [3.05, 3.63) is 164 Å². The molecule has 0 atom stereocenters. The zero-order valence-electron chi connectivity index (χ0n) is 30.8. The predicted octanol–water partition coefficient (Wildman–Crippen LogP) is 13.8. The number of hydrogen-bond acceptors (Lipinski definition) is 4. The van der Waals surface area contributed by atoms with Crippen molar-refractivity contribution in [2.75, 3.05) is 4.81 Å². The van der Waals surface area contributed by atoms with Crippen LogP contribution < -0.4 is 15.7 Å². The third-order valence-corrected chi connectivity index (χ3v) is 15.4. The summed E-state index contributed by atoms with van der Waals surface area (Å²) < 4.78 is 14.9. The molecule has 13 aromatic rings. The first kappa shape index (κ1) is 30.3. The molecular weight excluding hydrogens is 744 g/mol. The minimum Gasteiger partial charge on any atom is -0.455 e. The number of para-hydroxylation sites is 2. The summed E-state index contributed by atoms with van der Waals surface area (Å²) in [4.78, 5) is 2.71. The minimum absolute atomic E-state index is 0.131. The number of rotatable bonds is 1. The monoisotopic (exact) mass is 770 g/mol. The molecule has 0 N–H and O–H groups in total. The van der Waals surface area contributed by atoms with Crippen LogP contribution in [-0.4, -0.2) is 11.4 Å². The number of hydrogen-bond donors (Lipinski definition) is 0. The van der Waals surface area contributed by atoms with Crippen LogP contribution in [0.2, 0.25) is 0 Å². The van der Waals surface area contributed by atoms with Crippen molar-refractivity contribution in [2.24, 2.45) is 0 Å². The van der Waals surface area contributed by atoms with E-state index >= 15 is 0 Å². The van der Waals surface area contributed by atoms with Crippen molar-refractivity contribution in [1.82, 2.24) is 4.57 Å². The Morgan fingerprint density at radius 3 is 2.00 bits per heavy atom. The zero-order valence-corrected chi connectivity index (χ0v) is 32.4. The lowest BCUT2D eigenvalue weighted by atomic mass is 9.43. The van der Waals surface area contributed by atoms with Gasteiger partial charge in [-0.05, 0) is 76.3 Å². The Kier molecular flexibility index (Phi) is 5.51. The lowest BCUT2D eigenvalue weighted by Gasteiger charge is -2.42. The zero-order chi connectivity index (χ0) is 37.4. The minimum atomic E-state index is -0.131. The average Bonchev–Trinajstić information content (AvgIpc) is 4.04. The van der Waals surface area contributed by atoms with Crippen LogP contribution in [0.3, 0.4) is 0 Å². The molecule has 0 bridgehead atoms. The van der Waals surface area contributed by atoms with Gasteiger partial charge >= 0.3 is 6.85 Å². The number of thiophene rings is 2. The highest BCUT2D eigenvalue weighted by Gasteiger charge is 2.46. The van der Waals surface area contributed by atoms with Crippen LogP contribution in [0.25, 0.3) is 112 Å². The summed E-state index contributed by atoms with van der Waals surface area (Å²) in [5, 5.41) is 12.6. The van der Waals surface area contributed by atoms with Gasteiger partial charge in [-0.15, -0.1) is 22.7 Å². The topological polar surface area (TPSA) is 21.3 Å². The molecule has 0 fully saturated rings. The summed E-state index contributed by atoms with van der Waals surface area (Å²) in [5.41, 5.74) is 13.1. The van der Waals surface area contributed by atoms with Crippen molar-refractivity contribution in [1.29, 1.82) is 0 Å². The smallest absolute Gasteiger partial charge is 0.333 e. The van der Waals surface area contributed by atoms with Crippen LogP contribution in [-0.2, 0) is 0 Å². The van der Waals surface area contributed by atoms with E-state index < -0.39 is 0 Å². The molecule has 2 aliphatic rings. The van der Waals surface area contributed by atoms with Gasteiger partial charge in [0.15, 0.2) is 0 Å². The largest absolute Gasteiger partial charge is 0.455 e. The van der Waals surface area contributed by atoms with E-state index in [0.717, 1.165) is 21.9 Å². The number of aromatic nitrogens is 1. The van der Waals surface area contributed by atoms with Crippen LogP contribution >= 0.6 is 22.7 Å². The maximum Gasteiger partial charge on any atom is 0.333 e. The van der Waals surface area contributed by atoms with E-state index in [-0.39, 0.29) is 6.85 Å². The molecule has 0 spiro atoms. The molecule has 0 unspecified atom stereocenters. The van der Waals surface area contributed by atoms with E-state index in [1.54, 1.807) is 0 Å². The van der Waals surface area contributed by atoms with Crippen LogP contribution in [0.5, 0.6) is 0 Å². The fourth-order valence-electron chi connectivity index (χ4n) is 11.0. The van der Waals surface area contributed by atoms with Crippen LogP contribution in [0, 0.1) is 0 Å². The highest BCUT2D eigenvalue weighted by Crippen LogP contribution is 2.54. The third-order valence-electron chi connectivity index (χ3n) is 13.1. The van der Waals surface area contributed by atoms with Crippen LogP contribution in [0.15, 0.2) is 168 Å². The van der Waals surface area contributed by atoms with Crippen molar-refractivity contribution >= 4 is 147 Å². The number of nitrogens with zero attached hydrogens (tertiary/aromatic N) is 2. The molecular formula is C52H27BN2OS2. The number of fused-ring (bicyclic) bond motifs is 20. The fraction of sp³-hybridized carbons (Fsp3) is 0. The summed E-state index contributed by atoms with van der Waals surface area (Å²) in [6.07, 6.45) is 0.